The zero-order valence-electron chi connectivity index (χ0n) is 8.52. The van der Waals surface area contributed by atoms with Crippen LogP contribution in [0.3, 0.4) is 0 Å². The van der Waals surface area contributed by atoms with Gasteiger partial charge in [-0.3, -0.25) is 0 Å². The highest BCUT2D eigenvalue weighted by Gasteiger charge is 2.05. The fourth-order valence-electron chi connectivity index (χ4n) is 0.722. The second kappa shape index (κ2) is 4.55. The third kappa shape index (κ3) is 9.70. The highest BCUT2D eigenvalue weighted by molar-refractivity contribution is 4.87. The Bertz CT molecular complexity index is 117. The van der Waals surface area contributed by atoms with Crippen molar-refractivity contribution in [1.29, 1.82) is 0 Å². The number of nitrogens with zero attached hydrogens (tertiary/aromatic N) is 1. The van der Waals surface area contributed by atoms with Crippen molar-refractivity contribution in [2.75, 3.05) is 20.6 Å². The molecule has 0 saturated heterocycles. The molecular formula is C10H21N. The number of hydrogen-bond donors (Lipinski definition) is 0. The van der Waals surface area contributed by atoms with Crippen LogP contribution in [0.15, 0.2) is 12.2 Å². The van der Waals surface area contributed by atoms with Gasteiger partial charge >= 0.3 is 0 Å². The fraction of sp³-hybridized carbons (Fsp3) is 0.800. The summed E-state index contributed by atoms with van der Waals surface area (Å²) in [7, 11) is 4.17. The fourth-order valence-corrected chi connectivity index (χ4v) is 0.722. The van der Waals surface area contributed by atoms with Gasteiger partial charge in [-0.05, 0) is 25.9 Å². The molecule has 0 aromatic heterocycles. The molecule has 0 atom stereocenters. The van der Waals surface area contributed by atoms with Crippen molar-refractivity contribution in [1.82, 2.24) is 4.90 Å². The van der Waals surface area contributed by atoms with Crippen LogP contribution in [0.25, 0.3) is 0 Å². The SMILES string of the molecule is CN(C)C/C=C/CC(C)(C)C. The van der Waals surface area contributed by atoms with Gasteiger partial charge in [0.1, 0.15) is 0 Å². The van der Waals surface area contributed by atoms with Crippen LogP contribution in [-0.2, 0) is 0 Å². The molecule has 0 rings (SSSR count). The number of likely N-dealkylation sites (N-methyl/N-ethyl adjacent to an activating group) is 1. The molecule has 0 unspecified atom stereocenters. The van der Waals surface area contributed by atoms with Crippen molar-refractivity contribution in [2.24, 2.45) is 5.41 Å². The molecule has 0 aliphatic rings. The molecule has 0 heterocycles. The van der Waals surface area contributed by atoms with Crippen molar-refractivity contribution in [2.45, 2.75) is 27.2 Å². The highest BCUT2D eigenvalue weighted by atomic mass is 15.0. The molecule has 0 aliphatic heterocycles. The van der Waals surface area contributed by atoms with E-state index in [2.05, 4.69) is 51.9 Å². The molecule has 0 radical (unpaired) electrons. The van der Waals surface area contributed by atoms with Gasteiger partial charge in [0, 0.05) is 6.54 Å². The second-order valence-corrected chi connectivity index (χ2v) is 4.50. The lowest BCUT2D eigenvalue weighted by molar-refractivity contribution is 0.417. The Kier molecular flexibility index (Phi) is 4.43. The molecular weight excluding hydrogens is 134 g/mol. The molecule has 0 saturated carbocycles. The van der Waals surface area contributed by atoms with E-state index in [0.717, 1.165) is 6.54 Å². The summed E-state index contributed by atoms with van der Waals surface area (Å²) in [5.41, 5.74) is 0.433. The molecule has 1 heteroatoms. The summed E-state index contributed by atoms with van der Waals surface area (Å²) in [5.74, 6) is 0. The molecule has 1 nitrogen and oxygen atoms in total. The van der Waals surface area contributed by atoms with Crippen LogP contribution in [0.2, 0.25) is 0 Å². The maximum Gasteiger partial charge on any atom is 0.0157 e. The quantitative estimate of drug-likeness (QED) is 0.566. The minimum absolute atomic E-state index is 0.433. The first kappa shape index (κ1) is 10.7. The van der Waals surface area contributed by atoms with Crippen molar-refractivity contribution in [3.63, 3.8) is 0 Å². The topological polar surface area (TPSA) is 3.24 Å². The van der Waals surface area contributed by atoms with Gasteiger partial charge in [-0.2, -0.15) is 0 Å². The predicted molar refractivity (Wildman–Crippen MR) is 51.8 cm³/mol. The molecule has 11 heavy (non-hydrogen) atoms. The van der Waals surface area contributed by atoms with E-state index in [1.165, 1.54) is 6.42 Å². The molecule has 0 spiro atoms. The third-order valence-electron chi connectivity index (χ3n) is 1.37. The van der Waals surface area contributed by atoms with Crippen LogP contribution in [0.1, 0.15) is 27.2 Å². The Balaban J connectivity index is 3.46. The van der Waals surface area contributed by atoms with E-state index < -0.39 is 0 Å². The Labute approximate surface area is 71.1 Å². The van der Waals surface area contributed by atoms with Gasteiger partial charge in [0.25, 0.3) is 0 Å². The van der Waals surface area contributed by atoms with Crippen LogP contribution in [-0.4, -0.2) is 25.5 Å². The van der Waals surface area contributed by atoms with Crippen LogP contribution in [0.4, 0.5) is 0 Å². The molecule has 0 fully saturated rings. The highest BCUT2D eigenvalue weighted by Crippen LogP contribution is 2.18. The summed E-state index contributed by atoms with van der Waals surface area (Å²) in [5, 5.41) is 0. The first-order valence-electron chi connectivity index (χ1n) is 4.21. The minimum Gasteiger partial charge on any atom is -0.306 e. The smallest absolute Gasteiger partial charge is 0.0157 e. The Morgan fingerprint density at radius 2 is 1.64 bits per heavy atom. The van der Waals surface area contributed by atoms with Gasteiger partial charge in [0.2, 0.25) is 0 Å². The third-order valence-corrected chi connectivity index (χ3v) is 1.37. The Hall–Kier alpha value is -0.300. The monoisotopic (exact) mass is 155 g/mol. The van der Waals surface area contributed by atoms with Gasteiger partial charge in [0.05, 0.1) is 0 Å². The van der Waals surface area contributed by atoms with E-state index in [0.29, 0.717) is 5.41 Å². The van der Waals surface area contributed by atoms with Crippen molar-refractivity contribution >= 4 is 0 Å². The lowest BCUT2D eigenvalue weighted by atomic mass is 9.92. The maximum atomic E-state index is 2.26. The second-order valence-electron chi connectivity index (χ2n) is 4.50. The zero-order valence-corrected chi connectivity index (χ0v) is 8.52. The Morgan fingerprint density at radius 3 is 2.00 bits per heavy atom. The zero-order chi connectivity index (χ0) is 8.91. The normalized spacial score (nSPS) is 13.3. The first-order valence-corrected chi connectivity index (χ1v) is 4.21. The van der Waals surface area contributed by atoms with Gasteiger partial charge in [-0.15, -0.1) is 0 Å². The summed E-state index contributed by atoms with van der Waals surface area (Å²) in [6, 6.07) is 0. The maximum absolute atomic E-state index is 2.26. The number of allylic oxidation sites excluding steroid dienone is 1. The van der Waals surface area contributed by atoms with E-state index in [9.17, 15) is 0 Å². The summed E-state index contributed by atoms with van der Waals surface area (Å²) in [6.07, 6.45) is 5.66. The molecule has 0 bridgehead atoms. The lowest BCUT2D eigenvalue weighted by Crippen LogP contribution is -2.10. The van der Waals surface area contributed by atoms with E-state index in [1.54, 1.807) is 0 Å². The lowest BCUT2D eigenvalue weighted by Gasteiger charge is -2.14. The van der Waals surface area contributed by atoms with Crippen LogP contribution in [0, 0.1) is 5.41 Å². The summed E-state index contributed by atoms with van der Waals surface area (Å²) in [6.45, 7) is 7.82. The van der Waals surface area contributed by atoms with Gasteiger partial charge in [-0.25, -0.2) is 0 Å². The summed E-state index contributed by atoms with van der Waals surface area (Å²) >= 11 is 0. The van der Waals surface area contributed by atoms with Crippen LogP contribution >= 0.6 is 0 Å². The predicted octanol–water partition coefficient (Wildman–Crippen LogP) is 2.54. The standard InChI is InChI=1S/C10H21N/c1-10(2,3)8-6-7-9-11(4)5/h6-7H,8-9H2,1-5H3/b7-6+. The van der Waals surface area contributed by atoms with E-state index >= 15 is 0 Å². The van der Waals surface area contributed by atoms with Gasteiger partial charge < -0.3 is 4.90 Å². The molecule has 0 aliphatic carbocycles. The van der Waals surface area contributed by atoms with Gasteiger partial charge in [-0.1, -0.05) is 32.9 Å². The average molecular weight is 155 g/mol. The molecule has 0 aromatic rings. The first-order chi connectivity index (χ1) is 4.92. The largest absolute Gasteiger partial charge is 0.306 e. The Morgan fingerprint density at radius 1 is 1.09 bits per heavy atom. The van der Waals surface area contributed by atoms with Crippen molar-refractivity contribution in [3.8, 4) is 0 Å². The molecule has 0 amide bonds. The summed E-state index contributed by atoms with van der Waals surface area (Å²) < 4.78 is 0. The number of hydrogen-bond acceptors (Lipinski definition) is 1. The average Bonchev–Trinajstić information content (AvgIpc) is 1.78. The van der Waals surface area contributed by atoms with Crippen LogP contribution < -0.4 is 0 Å². The molecule has 66 valence electrons. The van der Waals surface area contributed by atoms with Crippen LogP contribution in [0.5, 0.6) is 0 Å². The van der Waals surface area contributed by atoms with E-state index in [-0.39, 0.29) is 0 Å². The molecule has 0 aromatic carbocycles. The summed E-state index contributed by atoms with van der Waals surface area (Å²) in [4.78, 5) is 2.17. The van der Waals surface area contributed by atoms with Gasteiger partial charge in [0.15, 0.2) is 0 Å². The van der Waals surface area contributed by atoms with Crippen molar-refractivity contribution in [3.05, 3.63) is 12.2 Å². The van der Waals surface area contributed by atoms with E-state index in [1.807, 2.05) is 0 Å². The van der Waals surface area contributed by atoms with E-state index in [4.69, 9.17) is 0 Å². The van der Waals surface area contributed by atoms with Crippen molar-refractivity contribution < 1.29 is 0 Å². The number of rotatable bonds is 3. The minimum atomic E-state index is 0.433. The molecule has 0 N–H and O–H groups in total.